The van der Waals surface area contributed by atoms with Crippen LogP contribution >= 0.6 is 0 Å². The summed E-state index contributed by atoms with van der Waals surface area (Å²) in [5.41, 5.74) is 0. The van der Waals surface area contributed by atoms with Crippen LogP contribution in [0.3, 0.4) is 0 Å². The Morgan fingerprint density at radius 2 is 0.632 bits per heavy atom. The molecule has 0 spiro atoms. The fourth-order valence-electron chi connectivity index (χ4n) is 8.20. The van der Waals surface area contributed by atoms with Gasteiger partial charge in [-0.05, 0) is 70.6 Å². The normalized spacial score (nSPS) is 12.6. The number of carbonyl (C=O) groups excluding carboxylic acids is 3. The number of hydrogen-bond donors (Lipinski definition) is 0. The standard InChI is InChI=1S/C62H108O6/c1-4-7-10-13-16-19-22-25-28-30-32-34-37-40-43-46-49-52-55-61(64)67-58-59(57-66-60(63)54-51-48-45-42-39-36-27-24-21-18-15-12-9-6-3)68-62(65)56-53-50-47-44-41-38-35-33-31-29-26-23-20-17-14-11-8-5-2/h9,12,16,18-19,21-22,25,28,30,32,34,59H,4-8,10-11,13-15,17,20,23-24,26-27,29,31,33,35-58H2,1-3H3/b12-9-,19-16-,21-18-,25-22-,30-28-,34-32-. The first-order valence-electron chi connectivity index (χ1n) is 29.0. The Bertz CT molecular complexity index is 1270. The number of unbranched alkanes of at least 4 members (excludes halogenated alkanes) is 32. The minimum atomic E-state index is -0.787. The van der Waals surface area contributed by atoms with Gasteiger partial charge >= 0.3 is 17.9 Å². The predicted octanol–water partition coefficient (Wildman–Crippen LogP) is 19.4. The van der Waals surface area contributed by atoms with Crippen molar-refractivity contribution in [3.63, 3.8) is 0 Å². The molecule has 0 rings (SSSR count). The van der Waals surface area contributed by atoms with E-state index in [2.05, 4.69) is 93.7 Å². The molecular formula is C62H108O6. The molecule has 0 fully saturated rings. The number of esters is 3. The molecule has 1 unspecified atom stereocenters. The van der Waals surface area contributed by atoms with Crippen molar-refractivity contribution in [1.82, 2.24) is 0 Å². The van der Waals surface area contributed by atoms with Gasteiger partial charge in [-0.15, -0.1) is 0 Å². The molecule has 0 N–H and O–H groups in total. The summed E-state index contributed by atoms with van der Waals surface area (Å²) in [6.07, 6.45) is 71.7. The average Bonchev–Trinajstić information content (AvgIpc) is 3.34. The summed E-state index contributed by atoms with van der Waals surface area (Å²) in [5.74, 6) is -0.905. The van der Waals surface area contributed by atoms with Crippen LogP contribution in [0.5, 0.6) is 0 Å². The van der Waals surface area contributed by atoms with E-state index in [9.17, 15) is 14.4 Å². The second-order valence-corrected chi connectivity index (χ2v) is 19.3. The fraction of sp³-hybridized carbons (Fsp3) is 0.758. The lowest BCUT2D eigenvalue weighted by molar-refractivity contribution is -0.167. The maximum atomic E-state index is 12.9. The SMILES string of the molecule is CC/C=C\C/C=C\CCCCCCCCCC(=O)OCC(COC(=O)CCCCCCC\C=C/C=C\C=C/C=C\CCCCC)OC(=O)CCCCCCCCCCCCCCCCCCCC. The van der Waals surface area contributed by atoms with Crippen LogP contribution in [0, 0.1) is 0 Å². The van der Waals surface area contributed by atoms with Gasteiger partial charge in [0.15, 0.2) is 6.10 Å². The number of ether oxygens (including phenoxy) is 3. The highest BCUT2D eigenvalue weighted by atomic mass is 16.6. The quantitative estimate of drug-likeness (QED) is 0.0199. The molecule has 0 aromatic carbocycles. The van der Waals surface area contributed by atoms with Gasteiger partial charge < -0.3 is 14.2 Å². The van der Waals surface area contributed by atoms with E-state index in [1.807, 2.05) is 0 Å². The number of hydrogen-bond acceptors (Lipinski definition) is 6. The van der Waals surface area contributed by atoms with Gasteiger partial charge in [-0.2, -0.15) is 0 Å². The highest BCUT2D eigenvalue weighted by Crippen LogP contribution is 2.16. The highest BCUT2D eigenvalue weighted by molar-refractivity contribution is 5.71. The smallest absolute Gasteiger partial charge is 0.306 e. The van der Waals surface area contributed by atoms with Gasteiger partial charge in [0.25, 0.3) is 0 Å². The molecule has 0 aromatic rings. The molecular weight excluding hydrogens is 841 g/mol. The topological polar surface area (TPSA) is 78.9 Å². The number of allylic oxidation sites excluding steroid dienone is 12. The van der Waals surface area contributed by atoms with Gasteiger partial charge in [0.2, 0.25) is 0 Å². The summed E-state index contributed by atoms with van der Waals surface area (Å²) in [6, 6.07) is 0. The maximum Gasteiger partial charge on any atom is 0.306 e. The van der Waals surface area contributed by atoms with Crippen LogP contribution in [0.1, 0.15) is 284 Å². The average molecular weight is 950 g/mol. The van der Waals surface area contributed by atoms with Crippen LogP contribution in [-0.4, -0.2) is 37.2 Å². The molecule has 0 saturated heterocycles. The van der Waals surface area contributed by atoms with Gasteiger partial charge in [-0.25, -0.2) is 0 Å². The molecule has 0 aliphatic carbocycles. The molecule has 0 aliphatic rings. The van der Waals surface area contributed by atoms with Crippen molar-refractivity contribution >= 4 is 17.9 Å². The first-order valence-corrected chi connectivity index (χ1v) is 29.0. The summed E-state index contributed by atoms with van der Waals surface area (Å²) in [6.45, 7) is 6.50. The monoisotopic (exact) mass is 949 g/mol. The second-order valence-electron chi connectivity index (χ2n) is 19.3. The summed E-state index contributed by atoms with van der Waals surface area (Å²) in [4.78, 5) is 38.2. The van der Waals surface area contributed by atoms with Crippen LogP contribution in [0.4, 0.5) is 0 Å². The molecule has 0 aliphatic heterocycles. The van der Waals surface area contributed by atoms with Gasteiger partial charge in [0, 0.05) is 19.3 Å². The van der Waals surface area contributed by atoms with Crippen LogP contribution in [0.25, 0.3) is 0 Å². The van der Waals surface area contributed by atoms with Gasteiger partial charge in [-0.3, -0.25) is 14.4 Å². The summed E-state index contributed by atoms with van der Waals surface area (Å²) in [7, 11) is 0. The van der Waals surface area contributed by atoms with Crippen molar-refractivity contribution in [2.75, 3.05) is 13.2 Å². The lowest BCUT2D eigenvalue weighted by Crippen LogP contribution is -2.30. The van der Waals surface area contributed by atoms with Crippen molar-refractivity contribution in [1.29, 1.82) is 0 Å². The minimum absolute atomic E-state index is 0.0855. The van der Waals surface area contributed by atoms with E-state index in [4.69, 9.17) is 14.2 Å². The molecule has 0 heterocycles. The Morgan fingerprint density at radius 1 is 0.324 bits per heavy atom. The molecule has 0 saturated carbocycles. The van der Waals surface area contributed by atoms with Crippen molar-refractivity contribution < 1.29 is 28.6 Å². The molecule has 0 amide bonds. The Hall–Kier alpha value is -3.15. The molecule has 68 heavy (non-hydrogen) atoms. The first kappa shape index (κ1) is 64.8. The van der Waals surface area contributed by atoms with Gasteiger partial charge in [0.05, 0.1) is 0 Å². The van der Waals surface area contributed by atoms with Crippen LogP contribution in [0.15, 0.2) is 72.9 Å². The second kappa shape index (κ2) is 56.4. The molecule has 0 aromatic heterocycles. The Labute approximate surface area is 421 Å². The molecule has 6 heteroatoms. The van der Waals surface area contributed by atoms with E-state index in [0.29, 0.717) is 19.3 Å². The first-order chi connectivity index (χ1) is 33.5. The van der Waals surface area contributed by atoms with E-state index >= 15 is 0 Å². The highest BCUT2D eigenvalue weighted by Gasteiger charge is 2.19. The third kappa shape index (κ3) is 53.8. The van der Waals surface area contributed by atoms with Crippen molar-refractivity contribution in [2.45, 2.75) is 290 Å². The van der Waals surface area contributed by atoms with E-state index in [1.165, 1.54) is 141 Å². The lowest BCUT2D eigenvalue weighted by Gasteiger charge is -2.18. The van der Waals surface area contributed by atoms with Gasteiger partial charge in [0.1, 0.15) is 13.2 Å². The van der Waals surface area contributed by atoms with Crippen LogP contribution < -0.4 is 0 Å². The number of carbonyl (C=O) groups is 3. The van der Waals surface area contributed by atoms with Crippen molar-refractivity contribution in [3.8, 4) is 0 Å². The molecule has 0 bridgehead atoms. The summed E-state index contributed by atoms with van der Waals surface area (Å²) in [5, 5.41) is 0. The lowest BCUT2D eigenvalue weighted by atomic mass is 10.0. The Balaban J connectivity index is 4.41. The van der Waals surface area contributed by atoms with Crippen LogP contribution in [0.2, 0.25) is 0 Å². The Morgan fingerprint density at radius 3 is 1.04 bits per heavy atom. The molecule has 1 atom stereocenters. The zero-order valence-corrected chi connectivity index (χ0v) is 44.9. The van der Waals surface area contributed by atoms with E-state index in [0.717, 1.165) is 103 Å². The third-order valence-electron chi connectivity index (χ3n) is 12.5. The maximum absolute atomic E-state index is 12.9. The van der Waals surface area contributed by atoms with E-state index in [1.54, 1.807) is 0 Å². The third-order valence-corrected chi connectivity index (χ3v) is 12.5. The fourth-order valence-corrected chi connectivity index (χ4v) is 8.20. The largest absolute Gasteiger partial charge is 0.462 e. The van der Waals surface area contributed by atoms with Gasteiger partial charge in [-0.1, -0.05) is 267 Å². The molecule has 0 radical (unpaired) electrons. The van der Waals surface area contributed by atoms with Crippen molar-refractivity contribution in [3.05, 3.63) is 72.9 Å². The minimum Gasteiger partial charge on any atom is -0.462 e. The summed E-state index contributed by atoms with van der Waals surface area (Å²) < 4.78 is 16.9. The number of rotatable bonds is 52. The molecule has 392 valence electrons. The van der Waals surface area contributed by atoms with Crippen molar-refractivity contribution in [2.24, 2.45) is 0 Å². The molecule has 6 nitrogen and oxygen atoms in total. The Kier molecular flexibility index (Phi) is 53.8. The zero-order valence-electron chi connectivity index (χ0n) is 44.9. The van der Waals surface area contributed by atoms with E-state index in [-0.39, 0.29) is 31.1 Å². The zero-order chi connectivity index (χ0) is 49.3. The van der Waals surface area contributed by atoms with E-state index < -0.39 is 6.10 Å². The summed E-state index contributed by atoms with van der Waals surface area (Å²) >= 11 is 0. The van der Waals surface area contributed by atoms with Crippen LogP contribution in [-0.2, 0) is 28.6 Å². The predicted molar refractivity (Wildman–Crippen MR) is 293 cm³/mol.